The Bertz CT molecular complexity index is 366. The minimum atomic E-state index is 0. The van der Waals surface area contributed by atoms with Gasteiger partial charge >= 0.3 is 0 Å². The van der Waals surface area contributed by atoms with E-state index in [-0.39, 0.29) is 24.0 Å². The molecule has 19 heavy (non-hydrogen) atoms. The summed E-state index contributed by atoms with van der Waals surface area (Å²) in [5, 5.41) is 5.20. The van der Waals surface area contributed by atoms with Crippen molar-refractivity contribution in [2.24, 2.45) is 16.6 Å². The SMILES string of the molecule is I.NC(=NCCOCC1CC1)NCCc1cccs1. The fourth-order valence-corrected chi connectivity index (χ4v) is 2.30. The molecule has 3 N–H and O–H groups in total. The number of nitrogens with one attached hydrogen (secondary N) is 1. The zero-order chi connectivity index (χ0) is 12.6. The summed E-state index contributed by atoms with van der Waals surface area (Å²) in [4.78, 5) is 5.59. The zero-order valence-electron chi connectivity index (χ0n) is 11.0. The Morgan fingerprint density at radius 3 is 3.05 bits per heavy atom. The molecule has 1 aromatic rings. The van der Waals surface area contributed by atoms with Crippen LogP contribution in [0.4, 0.5) is 0 Å². The van der Waals surface area contributed by atoms with Crippen LogP contribution in [-0.2, 0) is 11.2 Å². The van der Waals surface area contributed by atoms with Gasteiger partial charge in [0, 0.05) is 18.0 Å². The molecule has 0 saturated heterocycles. The molecule has 1 saturated carbocycles. The first-order valence-corrected chi connectivity index (χ1v) is 7.36. The predicted octanol–water partition coefficient (Wildman–Crippen LogP) is 2.24. The third kappa shape index (κ3) is 7.74. The van der Waals surface area contributed by atoms with E-state index in [4.69, 9.17) is 10.5 Å². The second-order valence-electron chi connectivity index (χ2n) is 4.54. The van der Waals surface area contributed by atoms with Crippen LogP contribution in [0.15, 0.2) is 22.5 Å². The summed E-state index contributed by atoms with van der Waals surface area (Å²) >= 11 is 1.77. The van der Waals surface area contributed by atoms with Crippen molar-refractivity contribution < 1.29 is 4.74 Å². The lowest BCUT2D eigenvalue weighted by Crippen LogP contribution is -2.33. The summed E-state index contributed by atoms with van der Waals surface area (Å²) in [6.07, 6.45) is 3.65. The fourth-order valence-electron chi connectivity index (χ4n) is 1.59. The molecule has 0 atom stereocenters. The molecular formula is C13H22IN3OS. The second kappa shape index (κ2) is 9.55. The monoisotopic (exact) mass is 395 g/mol. The Morgan fingerprint density at radius 2 is 2.37 bits per heavy atom. The van der Waals surface area contributed by atoms with Crippen LogP contribution in [0.1, 0.15) is 17.7 Å². The molecule has 6 heteroatoms. The van der Waals surface area contributed by atoms with Gasteiger partial charge in [0.15, 0.2) is 5.96 Å². The Balaban J connectivity index is 0.00000180. The fraction of sp³-hybridized carbons (Fsp3) is 0.615. The quantitative estimate of drug-likeness (QED) is 0.307. The van der Waals surface area contributed by atoms with E-state index in [9.17, 15) is 0 Å². The second-order valence-corrected chi connectivity index (χ2v) is 5.57. The van der Waals surface area contributed by atoms with Gasteiger partial charge in [-0.3, -0.25) is 4.99 Å². The lowest BCUT2D eigenvalue weighted by molar-refractivity contribution is 0.132. The molecule has 2 rings (SSSR count). The minimum absolute atomic E-state index is 0. The maximum absolute atomic E-state index is 5.75. The van der Waals surface area contributed by atoms with E-state index in [0.29, 0.717) is 19.1 Å². The summed E-state index contributed by atoms with van der Waals surface area (Å²) < 4.78 is 5.48. The highest BCUT2D eigenvalue weighted by molar-refractivity contribution is 14.0. The molecule has 1 aliphatic carbocycles. The molecule has 0 unspecified atom stereocenters. The van der Waals surface area contributed by atoms with Gasteiger partial charge in [-0.25, -0.2) is 0 Å². The molecule has 1 aliphatic rings. The van der Waals surface area contributed by atoms with Gasteiger partial charge in [-0.1, -0.05) is 6.07 Å². The molecule has 1 fully saturated rings. The van der Waals surface area contributed by atoms with Crippen LogP contribution in [0.5, 0.6) is 0 Å². The Hall–Kier alpha value is -0.340. The average molecular weight is 395 g/mol. The van der Waals surface area contributed by atoms with Gasteiger partial charge in [0.1, 0.15) is 0 Å². The Labute approximate surface area is 135 Å². The van der Waals surface area contributed by atoms with Crippen molar-refractivity contribution in [2.45, 2.75) is 19.3 Å². The van der Waals surface area contributed by atoms with Gasteiger partial charge < -0.3 is 15.8 Å². The van der Waals surface area contributed by atoms with Crippen LogP contribution >= 0.6 is 35.3 Å². The van der Waals surface area contributed by atoms with E-state index in [0.717, 1.165) is 25.5 Å². The van der Waals surface area contributed by atoms with Crippen molar-refractivity contribution in [1.82, 2.24) is 5.32 Å². The average Bonchev–Trinajstić information content (AvgIpc) is 3.04. The molecule has 0 spiro atoms. The number of ether oxygens (including phenoxy) is 1. The standard InChI is InChI=1S/C13H21N3OS.HI/c14-13(15-6-5-12-2-1-9-18-12)16-7-8-17-10-11-3-4-11;/h1-2,9,11H,3-8,10H2,(H3,14,15,16);1H. The molecule has 0 amide bonds. The van der Waals surface area contributed by atoms with Crippen LogP contribution in [-0.4, -0.2) is 32.3 Å². The highest BCUT2D eigenvalue weighted by atomic mass is 127. The van der Waals surface area contributed by atoms with Crippen molar-refractivity contribution in [3.05, 3.63) is 22.4 Å². The zero-order valence-corrected chi connectivity index (χ0v) is 14.2. The van der Waals surface area contributed by atoms with E-state index in [1.54, 1.807) is 11.3 Å². The van der Waals surface area contributed by atoms with Crippen molar-refractivity contribution in [3.8, 4) is 0 Å². The Kier molecular flexibility index (Phi) is 8.40. The van der Waals surface area contributed by atoms with E-state index in [1.807, 2.05) is 0 Å². The van der Waals surface area contributed by atoms with E-state index in [2.05, 4.69) is 27.8 Å². The maximum atomic E-state index is 5.75. The molecule has 0 aromatic carbocycles. The smallest absolute Gasteiger partial charge is 0.188 e. The third-order valence-corrected chi connectivity index (χ3v) is 3.76. The number of hydrogen-bond acceptors (Lipinski definition) is 3. The normalized spacial score (nSPS) is 15.1. The van der Waals surface area contributed by atoms with Crippen molar-refractivity contribution >= 4 is 41.3 Å². The molecule has 108 valence electrons. The summed E-state index contributed by atoms with van der Waals surface area (Å²) in [6.45, 7) is 3.04. The first-order valence-electron chi connectivity index (χ1n) is 6.48. The number of guanidine groups is 1. The summed E-state index contributed by atoms with van der Waals surface area (Å²) in [6, 6.07) is 4.19. The molecule has 4 nitrogen and oxygen atoms in total. The van der Waals surface area contributed by atoms with E-state index in [1.165, 1.54) is 17.7 Å². The topological polar surface area (TPSA) is 59.6 Å². The lowest BCUT2D eigenvalue weighted by atomic mass is 10.3. The van der Waals surface area contributed by atoms with Gasteiger partial charge in [0.05, 0.1) is 13.2 Å². The largest absolute Gasteiger partial charge is 0.379 e. The third-order valence-electron chi connectivity index (χ3n) is 2.83. The number of thiophene rings is 1. The van der Waals surface area contributed by atoms with E-state index < -0.39 is 0 Å². The van der Waals surface area contributed by atoms with Crippen LogP contribution in [0.2, 0.25) is 0 Å². The lowest BCUT2D eigenvalue weighted by Gasteiger charge is -2.05. The minimum Gasteiger partial charge on any atom is -0.379 e. The number of halogens is 1. The highest BCUT2D eigenvalue weighted by Crippen LogP contribution is 2.28. The summed E-state index contributed by atoms with van der Waals surface area (Å²) in [5.74, 6) is 1.33. The van der Waals surface area contributed by atoms with E-state index >= 15 is 0 Å². The van der Waals surface area contributed by atoms with Crippen LogP contribution in [0.25, 0.3) is 0 Å². The number of aliphatic imine (C=N–C) groups is 1. The van der Waals surface area contributed by atoms with Gasteiger partial charge in [-0.15, -0.1) is 35.3 Å². The summed E-state index contributed by atoms with van der Waals surface area (Å²) in [7, 11) is 0. The molecule has 0 bridgehead atoms. The highest BCUT2D eigenvalue weighted by Gasteiger charge is 2.20. The van der Waals surface area contributed by atoms with Crippen molar-refractivity contribution in [2.75, 3.05) is 26.3 Å². The molecule has 0 radical (unpaired) electrons. The Morgan fingerprint density at radius 1 is 1.53 bits per heavy atom. The van der Waals surface area contributed by atoms with Crippen LogP contribution in [0.3, 0.4) is 0 Å². The molecular weight excluding hydrogens is 373 g/mol. The predicted molar refractivity (Wildman–Crippen MR) is 91.5 cm³/mol. The number of nitrogens with two attached hydrogens (primary N) is 1. The van der Waals surface area contributed by atoms with Gasteiger partial charge in [-0.2, -0.15) is 0 Å². The van der Waals surface area contributed by atoms with Crippen LogP contribution in [0, 0.1) is 5.92 Å². The van der Waals surface area contributed by atoms with Crippen molar-refractivity contribution in [3.63, 3.8) is 0 Å². The van der Waals surface area contributed by atoms with Gasteiger partial charge in [0.2, 0.25) is 0 Å². The van der Waals surface area contributed by atoms with Gasteiger partial charge in [-0.05, 0) is 36.6 Å². The molecule has 0 aliphatic heterocycles. The first-order chi connectivity index (χ1) is 8.84. The van der Waals surface area contributed by atoms with Crippen LogP contribution < -0.4 is 11.1 Å². The summed E-state index contributed by atoms with van der Waals surface area (Å²) in [5.41, 5.74) is 5.75. The van der Waals surface area contributed by atoms with Crippen molar-refractivity contribution in [1.29, 1.82) is 0 Å². The number of nitrogens with zero attached hydrogens (tertiary/aromatic N) is 1. The molecule has 1 aromatic heterocycles. The molecule has 1 heterocycles. The number of rotatable bonds is 8. The maximum Gasteiger partial charge on any atom is 0.188 e. The number of hydrogen-bond donors (Lipinski definition) is 2. The first kappa shape index (κ1) is 16.7. The van der Waals surface area contributed by atoms with Gasteiger partial charge in [0.25, 0.3) is 0 Å².